The number of nitrogens with zero attached hydrogens (tertiary/aromatic N) is 1. The van der Waals surface area contributed by atoms with Crippen LogP contribution in [0.4, 0.5) is 0 Å². The molecule has 0 amide bonds. The van der Waals surface area contributed by atoms with E-state index < -0.39 is 24.2 Å². The van der Waals surface area contributed by atoms with Crippen LogP contribution in [0.5, 0.6) is 0 Å². The van der Waals surface area contributed by atoms with Gasteiger partial charge in [-0.05, 0) is 0 Å². The molecule has 1 aromatic heterocycles. The van der Waals surface area contributed by atoms with Crippen molar-refractivity contribution in [2.45, 2.75) is 12.5 Å². The van der Waals surface area contributed by atoms with Gasteiger partial charge in [-0.15, -0.1) is 0 Å². The molecule has 0 fully saturated rings. The fourth-order valence-electron chi connectivity index (χ4n) is 2.69. The minimum Gasteiger partial charge on any atom is -0.351 e. The van der Waals surface area contributed by atoms with Crippen molar-refractivity contribution < 1.29 is 14.2 Å². The molecule has 2 atom stereocenters. The number of nitrogens with two attached hydrogens (primary N) is 1. The maximum atomic E-state index is 13.8. The molecule has 3 aromatic rings. The van der Waals surface area contributed by atoms with E-state index in [0.29, 0.717) is 5.69 Å². The van der Waals surface area contributed by atoms with Crippen molar-refractivity contribution in [2.75, 3.05) is 0 Å². The first-order valence-corrected chi connectivity index (χ1v) is 9.77. The number of H-pyrrole nitrogens is 1. The maximum absolute atomic E-state index is 13.8. The highest BCUT2D eigenvalue weighted by molar-refractivity contribution is 8.00. The van der Waals surface area contributed by atoms with Crippen LogP contribution in [-0.4, -0.2) is 27.1 Å². The van der Waals surface area contributed by atoms with E-state index in [1.165, 1.54) is 18.5 Å². The van der Waals surface area contributed by atoms with Crippen LogP contribution in [-0.2, 0) is 15.8 Å². The van der Waals surface area contributed by atoms with Gasteiger partial charge in [-0.1, -0.05) is 60.7 Å². The molecule has 6 nitrogen and oxygen atoms in total. The molecule has 0 bridgehead atoms. The molecular formula is C19H18N3O3P. The molecule has 0 aliphatic heterocycles. The number of aromatic nitrogens is 2. The first kappa shape index (κ1) is 18.0. The molecule has 0 aliphatic rings. The molecule has 1 heterocycles. The SMILES string of the molecule is N[C@@H](Cc1c[nH]cn1)C(=O)P(=O)(C(=O)c1ccccc1)c1ccccc1. The molecule has 7 heteroatoms. The lowest BCUT2D eigenvalue weighted by Crippen LogP contribution is -2.36. The Morgan fingerprint density at radius 1 is 1.04 bits per heavy atom. The van der Waals surface area contributed by atoms with Crippen LogP contribution in [0.15, 0.2) is 73.2 Å². The number of hydrogen-bond acceptors (Lipinski definition) is 5. The van der Waals surface area contributed by atoms with E-state index in [-0.39, 0.29) is 17.3 Å². The second kappa shape index (κ2) is 7.60. The summed E-state index contributed by atoms with van der Waals surface area (Å²) in [6.45, 7) is 0. The quantitative estimate of drug-likeness (QED) is 0.624. The van der Waals surface area contributed by atoms with E-state index in [2.05, 4.69) is 9.97 Å². The second-order valence-corrected chi connectivity index (χ2v) is 8.41. The van der Waals surface area contributed by atoms with E-state index in [9.17, 15) is 14.2 Å². The first-order chi connectivity index (χ1) is 12.5. The molecule has 0 radical (unpaired) electrons. The van der Waals surface area contributed by atoms with Gasteiger partial charge in [0.05, 0.1) is 18.1 Å². The maximum Gasteiger partial charge on any atom is 0.245 e. The predicted molar refractivity (Wildman–Crippen MR) is 99.7 cm³/mol. The van der Waals surface area contributed by atoms with Gasteiger partial charge in [0.25, 0.3) is 0 Å². The van der Waals surface area contributed by atoms with Gasteiger partial charge in [0, 0.05) is 23.5 Å². The van der Waals surface area contributed by atoms with Gasteiger partial charge >= 0.3 is 0 Å². The smallest absolute Gasteiger partial charge is 0.245 e. The van der Waals surface area contributed by atoms with Crippen LogP contribution in [0.2, 0.25) is 0 Å². The lowest BCUT2D eigenvalue weighted by atomic mass is 10.2. The van der Waals surface area contributed by atoms with Gasteiger partial charge in [0.15, 0.2) is 0 Å². The van der Waals surface area contributed by atoms with E-state index in [0.717, 1.165) is 0 Å². The Morgan fingerprint density at radius 2 is 1.65 bits per heavy atom. The number of hydrogen-bond donors (Lipinski definition) is 2. The fourth-order valence-corrected chi connectivity index (χ4v) is 5.05. The molecule has 3 N–H and O–H groups in total. The first-order valence-electron chi connectivity index (χ1n) is 8.06. The lowest BCUT2D eigenvalue weighted by Gasteiger charge is -2.19. The van der Waals surface area contributed by atoms with Gasteiger partial charge in [0.2, 0.25) is 18.2 Å². The Hall–Kier alpha value is -2.82. The average molecular weight is 367 g/mol. The molecule has 0 saturated heterocycles. The normalized spacial score (nSPS) is 14.3. The summed E-state index contributed by atoms with van der Waals surface area (Å²) in [6, 6.07) is 15.1. The van der Waals surface area contributed by atoms with Gasteiger partial charge in [-0.3, -0.25) is 9.59 Å². The summed E-state index contributed by atoms with van der Waals surface area (Å²) in [7, 11) is -4.09. The largest absolute Gasteiger partial charge is 0.351 e. The molecule has 26 heavy (non-hydrogen) atoms. The third-order valence-electron chi connectivity index (χ3n) is 4.04. The molecular weight excluding hydrogens is 349 g/mol. The molecule has 132 valence electrons. The van der Waals surface area contributed by atoms with E-state index in [4.69, 9.17) is 5.73 Å². The zero-order chi connectivity index (χ0) is 18.6. The monoisotopic (exact) mass is 367 g/mol. The number of carbonyl (C=O) groups excluding carboxylic acids is 2. The van der Waals surface area contributed by atoms with Crippen molar-refractivity contribution in [2.24, 2.45) is 5.73 Å². The van der Waals surface area contributed by atoms with Crippen LogP contribution < -0.4 is 11.0 Å². The standard InChI is InChI=1S/C19H18N3O3P/c20-17(11-15-12-21-13-22-15)19(24)26(25,16-9-5-2-6-10-16)18(23)14-7-3-1-4-8-14/h1-10,12-13,17H,11,20H2,(H,21,22)/t17-,26?/m0/s1. The average Bonchev–Trinajstić information content (AvgIpc) is 3.20. The van der Waals surface area contributed by atoms with Crippen LogP contribution in [0.3, 0.4) is 0 Å². The van der Waals surface area contributed by atoms with Crippen molar-refractivity contribution in [3.05, 3.63) is 84.4 Å². The van der Waals surface area contributed by atoms with Crippen molar-refractivity contribution in [1.82, 2.24) is 9.97 Å². The summed E-state index contributed by atoms with van der Waals surface area (Å²) in [5.74, 6) is 0. The third-order valence-corrected chi connectivity index (χ3v) is 6.85. The molecule has 0 aliphatic carbocycles. The topological polar surface area (TPSA) is 106 Å². The molecule has 0 spiro atoms. The molecule has 0 saturated carbocycles. The molecule has 1 unspecified atom stereocenters. The van der Waals surface area contributed by atoms with Crippen molar-refractivity contribution in [3.63, 3.8) is 0 Å². The number of rotatable bonds is 7. The van der Waals surface area contributed by atoms with Crippen molar-refractivity contribution in [3.8, 4) is 0 Å². The molecule has 3 rings (SSSR count). The van der Waals surface area contributed by atoms with Crippen LogP contribution in [0.25, 0.3) is 0 Å². The number of aromatic amines is 1. The Kier molecular flexibility index (Phi) is 5.26. The van der Waals surface area contributed by atoms with Gasteiger partial charge in [-0.25, -0.2) is 4.98 Å². The summed E-state index contributed by atoms with van der Waals surface area (Å²) in [4.78, 5) is 32.9. The highest BCUT2D eigenvalue weighted by atomic mass is 31.2. The van der Waals surface area contributed by atoms with Crippen LogP contribution >= 0.6 is 7.14 Å². The number of benzene rings is 2. The lowest BCUT2D eigenvalue weighted by molar-refractivity contribution is -0.112. The fraction of sp³-hybridized carbons (Fsp3) is 0.105. The highest BCUT2D eigenvalue weighted by Crippen LogP contribution is 2.49. The number of carbonyl (C=O) groups is 2. The van der Waals surface area contributed by atoms with Gasteiger partial charge < -0.3 is 15.3 Å². The summed E-state index contributed by atoms with van der Waals surface area (Å²) < 4.78 is 13.8. The second-order valence-electron chi connectivity index (χ2n) is 5.83. The van der Waals surface area contributed by atoms with Gasteiger partial charge in [-0.2, -0.15) is 0 Å². The van der Waals surface area contributed by atoms with Crippen LogP contribution in [0.1, 0.15) is 16.1 Å². The Bertz CT molecular complexity index is 941. The van der Waals surface area contributed by atoms with E-state index in [1.807, 2.05) is 0 Å². The summed E-state index contributed by atoms with van der Waals surface area (Å²) in [5, 5.41) is 0.191. The third kappa shape index (κ3) is 3.43. The van der Waals surface area contributed by atoms with Crippen LogP contribution in [0, 0.1) is 0 Å². The van der Waals surface area contributed by atoms with E-state index in [1.54, 1.807) is 54.7 Å². The van der Waals surface area contributed by atoms with Crippen molar-refractivity contribution in [1.29, 1.82) is 0 Å². The zero-order valence-corrected chi connectivity index (χ0v) is 14.8. The summed E-state index contributed by atoms with van der Waals surface area (Å²) in [5.41, 5.74) is 5.34. The Morgan fingerprint density at radius 3 is 2.23 bits per heavy atom. The minimum atomic E-state index is -4.09. The highest BCUT2D eigenvalue weighted by Gasteiger charge is 2.44. The Balaban J connectivity index is 2.02. The van der Waals surface area contributed by atoms with E-state index >= 15 is 0 Å². The number of imidazole rings is 1. The predicted octanol–water partition coefficient (Wildman–Crippen LogP) is 2.34. The van der Waals surface area contributed by atoms with Gasteiger partial charge in [0.1, 0.15) is 0 Å². The Labute approximate surface area is 150 Å². The minimum absolute atomic E-state index is 0.0984. The zero-order valence-electron chi connectivity index (χ0n) is 13.9. The summed E-state index contributed by atoms with van der Waals surface area (Å²) in [6.07, 6.45) is 3.18. The van der Waals surface area contributed by atoms with Crippen molar-refractivity contribution >= 4 is 23.5 Å². The molecule has 2 aromatic carbocycles. The summed E-state index contributed by atoms with van der Waals surface area (Å²) >= 11 is 0. The number of nitrogens with one attached hydrogen (secondary N) is 1.